The molecule has 1 atom stereocenters. The molecule has 2 amide bonds. The van der Waals surface area contributed by atoms with Crippen molar-refractivity contribution in [1.29, 1.82) is 0 Å². The molecule has 6 heteroatoms. The Kier molecular flexibility index (Phi) is 3.71. The molecule has 1 fully saturated rings. The molecule has 0 spiro atoms. The molecule has 1 unspecified atom stereocenters. The number of amides is 2. The summed E-state index contributed by atoms with van der Waals surface area (Å²) < 4.78 is 0. The molecule has 2 aliphatic rings. The molecule has 5 nitrogen and oxygen atoms in total. The zero-order chi connectivity index (χ0) is 15.0. The number of anilines is 1. The number of thioether (sulfide) groups is 1. The monoisotopic (exact) mass is 304 g/mol. The predicted octanol–water partition coefficient (Wildman–Crippen LogP) is 1.56. The quantitative estimate of drug-likeness (QED) is 0.920. The number of carbonyl (C=O) groups is 3. The van der Waals surface area contributed by atoms with Gasteiger partial charge in [-0.2, -0.15) is 0 Å². The minimum Gasteiger partial charge on any atom is -0.348 e. The van der Waals surface area contributed by atoms with Crippen LogP contribution in [-0.4, -0.2) is 29.2 Å². The van der Waals surface area contributed by atoms with E-state index in [-0.39, 0.29) is 22.8 Å². The third kappa shape index (κ3) is 2.81. The maximum absolute atomic E-state index is 12.1. The lowest BCUT2D eigenvalue weighted by Crippen LogP contribution is -2.24. The Labute approximate surface area is 127 Å². The Morgan fingerprint density at radius 1 is 1.43 bits per heavy atom. The van der Waals surface area contributed by atoms with E-state index in [0.29, 0.717) is 30.8 Å². The average Bonchev–Trinajstić information content (AvgIpc) is 3.00. The molecule has 0 aromatic heterocycles. The molecule has 1 N–H and O–H groups in total. The molecule has 0 bridgehead atoms. The second kappa shape index (κ2) is 5.52. The van der Waals surface area contributed by atoms with Gasteiger partial charge < -0.3 is 10.2 Å². The van der Waals surface area contributed by atoms with Crippen molar-refractivity contribution in [3.63, 3.8) is 0 Å². The minimum atomic E-state index is -0.0555. The summed E-state index contributed by atoms with van der Waals surface area (Å²) in [6, 6.07) is 5.51. The fourth-order valence-corrected chi connectivity index (χ4v) is 3.46. The fraction of sp³-hybridized carbons (Fsp3) is 0.400. The lowest BCUT2D eigenvalue weighted by molar-refractivity contribution is -0.117. The van der Waals surface area contributed by atoms with Crippen molar-refractivity contribution in [2.75, 3.05) is 17.2 Å². The van der Waals surface area contributed by atoms with Crippen LogP contribution < -0.4 is 10.2 Å². The Morgan fingerprint density at radius 2 is 2.24 bits per heavy atom. The van der Waals surface area contributed by atoms with Crippen LogP contribution in [0.5, 0.6) is 0 Å². The van der Waals surface area contributed by atoms with Crippen molar-refractivity contribution in [3.05, 3.63) is 29.3 Å². The predicted molar refractivity (Wildman–Crippen MR) is 81.2 cm³/mol. The number of nitrogens with zero attached hydrogens (tertiary/aromatic N) is 1. The van der Waals surface area contributed by atoms with Gasteiger partial charge in [-0.05, 0) is 29.7 Å². The van der Waals surface area contributed by atoms with E-state index < -0.39 is 0 Å². The number of rotatable bonds is 3. The van der Waals surface area contributed by atoms with Crippen molar-refractivity contribution in [2.24, 2.45) is 5.92 Å². The van der Waals surface area contributed by atoms with Crippen LogP contribution in [0.15, 0.2) is 18.2 Å². The molecule has 0 radical (unpaired) electrons. The summed E-state index contributed by atoms with van der Waals surface area (Å²) in [5, 5.41) is 2.86. The first-order valence-electron chi connectivity index (χ1n) is 6.89. The van der Waals surface area contributed by atoms with Gasteiger partial charge in [0.1, 0.15) is 0 Å². The summed E-state index contributed by atoms with van der Waals surface area (Å²) in [4.78, 5) is 36.5. The highest BCUT2D eigenvalue weighted by atomic mass is 32.2. The lowest BCUT2D eigenvalue weighted by atomic mass is 10.1. The maximum atomic E-state index is 12.1. The van der Waals surface area contributed by atoms with Gasteiger partial charge in [0.25, 0.3) is 5.91 Å². The van der Waals surface area contributed by atoms with Crippen molar-refractivity contribution in [1.82, 2.24) is 5.32 Å². The second-order valence-corrected chi connectivity index (χ2v) is 6.60. The summed E-state index contributed by atoms with van der Waals surface area (Å²) in [5.74, 6) is 0.920. The van der Waals surface area contributed by atoms with E-state index in [0.717, 1.165) is 11.3 Å². The zero-order valence-corrected chi connectivity index (χ0v) is 12.5. The van der Waals surface area contributed by atoms with E-state index in [1.165, 1.54) is 11.8 Å². The van der Waals surface area contributed by atoms with Crippen LogP contribution in [0, 0.1) is 5.92 Å². The van der Waals surface area contributed by atoms with E-state index in [2.05, 4.69) is 5.32 Å². The van der Waals surface area contributed by atoms with Gasteiger partial charge in [0.2, 0.25) is 5.91 Å². The van der Waals surface area contributed by atoms with Crippen LogP contribution in [0.1, 0.15) is 29.3 Å². The first kappa shape index (κ1) is 14.1. The summed E-state index contributed by atoms with van der Waals surface area (Å²) in [6.45, 7) is 2.71. The van der Waals surface area contributed by atoms with E-state index in [1.807, 2.05) is 12.1 Å². The van der Waals surface area contributed by atoms with Gasteiger partial charge in [0.05, 0.1) is 0 Å². The molecule has 21 heavy (non-hydrogen) atoms. The average molecular weight is 304 g/mol. The van der Waals surface area contributed by atoms with E-state index in [9.17, 15) is 14.4 Å². The van der Waals surface area contributed by atoms with Crippen LogP contribution in [0.25, 0.3) is 0 Å². The van der Waals surface area contributed by atoms with Gasteiger partial charge in [-0.3, -0.25) is 14.4 Å². The summed E-state index contributed by atoms with van der Waals surface area (Å²) in [7, 11) is 0. The number of fused-ring (bicyclic) bond motifs is 1. The molecular formula is C15H16N2O3S. The van der Waals surface area contributed by atoms with Crippen molar-refractivity contribution < 1.29 is 14.4 Å². The molecule has 3 rings (SSSR count). The van der Waals surface area contributed by atoms with E-state index >= 15 is 0 Å². The Balaban J connectivity index is 1.74. The second-order valence-electron chi connectivity index (χ2n) is 5.40. The van der Waals surface area contributed by atoms with Crippen LogP contribution >= 0.6 is 11.8 Å². The highest BCUT2D eigenvalue weighted by molar-refractivity contribution is 8.13. The first-order valence-corrected chi connectivity index (χ1v) is 7.88. The fourth-order valence-electron chi connectivity index (χ4n) is 2.76. The van der Waals surface area contributed by atoms with Crippen molar-refractivity contribution in [2.45, 2.75) is 19.9 Å². The van der Waals surface area contributed by atoms with Gasteiger partial charge in [-0.15, -0.1) is 0 Å². The molecule has 0 saturated carbocycles. The van der Waals surface area contributed by atoms with Crippen LogP contribution in [0.2, 0.25) is 0 Å². The topological polar surface area (TPSA) is 66.5 Å². The molecule has 2 heterocycles. The van der Waals surface area contributed by atoms with Gasteiger partial charge in [0, 0.05) is 43.4 Å². The third-order valence-electron chi connectivity index (χ3n) is 3.81. The van der Waals surface area contributed by atoms with Crippen molar-refractivity contribution in [3.8, 4) is 0 Å². The summed E-state index contributed by atoms with van der Waals surface area (Å²) in [6.07, 6.45) is 0.481. The minimum absolute atomic E-state index is 0.0555. The largest absolute Gasteiger partial charge is 0.348 e. The third-order valence-corrected chi connectivity index (χ3v) is 4.86. The van der Waals surface area contributed by atoms with Gasteiger partial charge in [0.15, 0.2) is 5.12 Å². The van der Waals surface area contributed by atoms with E-state index in [1.54, 1.807) is 17.9 Å². The highest BCUT2D eigenvalue weighted by Crippen LogP contribution is 2.29. The zero-order valence-electron chi connectivity index (χ0n) is 11.7. The molecule has 1 aromatic rings. The standard InChI is InChI=1S/C15H16N2O3S/c1-9(18)21-8-10-4-14(19)17(7-10)12-2-3-13-11(5-12)6-16-15(13)20/h2-3,5,10H,4,6-8H2,1H3,(H,16,20). The van der Waals surface area contributed by atoms with Gasteiger partial charge in [-0.25, -0.2) is 0 Å². The molecular weight excluding hydrogens is 288 g/mol. The molecule has 110 valence electrons. The Morgan fingerprint density at radius 3 is 3.00 bits per heavy atom. The Bertz CT molecular complexity index is 629. The number of hydrogen-bond acceptors (Lipinski definition) is 4. The highest BCUT2D eigenvalue weighted by Gasteiger charge is 2.31. The number of hydrogen-bond donors (Lipinski definition) is 1. The molecule has 1 saturated heterocycles. The Hall–Kier alpha value is -1.82. The molecule has 0 aliphatic carbocycles. The summed E-state index contributed by atoms with van der Waals surface area (Å²) >= 11 is 1.28. The number of benzene rings is 1. The van der Waals surface area contributed by atoms with Crippen LogP contribution in [0.4, 0.5) is 5.69 Å². The molecule has 1 aromatic carbocycles. The van der Waals surface area contributed by atoms with Gasteiger partial charge in [-0.1, -0.05) is 11.8 Å². The number of nitrogens with one attached hydrogen (secondary N) is 1. The molecule has 2 aliphatic heterocycles. The van der Waals surface area contributed by atoms with Crippen LogP contribution in [0.3, 0.4) is 0 Å². The lowest BCUT2D eigenvalue weighted by Gasteiger charge is -2.17. The van der Waals surface area contributed by atoms with Crippen LogP contribution in [-0.2, 0) is 16.1 Å². The maximum Gasteiger partial charge on any atom is 0.251 e. The SMILES string of the molecule is CC(=O)SCC1CC(=O)N(c2ccc3c(c2)CNC3=O)C1. The smallest absolute Gasteiger partial charge is 0.251 e. The number of carbonyl (C=O) groups excluding carboxylic acids is 3. The first-order chi connectivity index (χ1) is 10.0. The van der Waals surface area contributed by atoms with Gasteiger partial charge >= 0.3 is 0 Å². The van der Waals surface area contributed by atoms with E-state index in [4.69, 9.17) is 0 Å². The normalized spacial score (nSPS) is 20.6. The summed E-state index contributed by atoms with van der Waals surface area (Å²) in [5.41, 5.74) is 2.46. The van der Waals surface area contributed by atoms with Crippen molar-refractivity contribution >= 4 is 34.4 Å².